The second-order valence-corrected chi connectivity index (χ2v) is 14.6. The Morgan fingerprint density at radius 2 is 0.936 bits per heavy atom. The number of benzene rings is 6. The molecule has 4 saturated carbocycles. The number of hydrogen-bond acceptors (Lipinski definition) is 1. The van der Waals surface area contributed by atoms with E-state index in [0.29, 0.717) is 0 Å². The lowest BCUT2D eigenvalue weighted by Gasteiger charge is -2.61. The molecular formula is C46H39N. The fraction of sp³-hybridized carbons (Fsp3) is 0.217. The zero-order chi connectivity index (χ0) is 31.0. The van der Waals surface area contributed by atoms with Crippen LogP contribution >= 0.6 is 0 Å². The van der Waals surface area contributed by atoms with Crippen molar-refractivity contribution in [2.45, 2.75) is 37.5 Å². The van der Waals surface area contributed by atoms with Crippen molar-refractivity contribution in [1.29, 1.82) is 0 Å². The lowest BCUT2D eigenvalue weighted by molar-refractivity contribution is -0.0399. The van der Waals surface area contributed by atoms with Gasteiger partial charge < -0.3 is 4.90 Å². The van der Waals surface area contributed by atoms with Crippen LogP contribution in [0.3, 0.4) is 0 Å². The fourth-order valence-electron chi connectivity index (χ4n) is 10.7. The quantitative estimate of drug-likeness (QED) is 0.189. The SMILES string of the molecule is c1ccc(-c2ccc(N(c3ccc4c(c3)-c3ccccc3C43C4CC5CC(C4)CC3C5)c3ccccc3-c3ccccc3)cc2)cc1. The average Bonchev–Trinajstić information content (AvgIpc) is 3.42. The van der Waals surface area contributed by atoms with Gasteiger partial charge in [0.1, 0.15) is 0 Å². The summed E-state index contributed by atoms with van der Waals surface area (Å²) in [7, 11) is 0. The molecule has 6 aromatic carbocycles. The third kappa shape index (κ3) is 4.08. The maximum Gasteiger partial charge on any atom is 0.0540 e. The Labute approximate surface area is 278 Å². The first-order valence-corrected chi connectivity index (χ1v) is 17.6. The smallest absolute Gasteiger partial charge is 0.0540 e. The number of hydrogen-bond donors (Lipinski definition) is 0. The lowest BCUT2D eigenvalue weighted by atomic mass is 9.43. The van der Waals surface area contributed by atoms with Crippen molar-refractivity contribution in [1.82, 2.24) is 0 Å². The van der Waals surface area contributed by atoms with Crippen molar-refractivity contribution in [2.75, 3.05) is 4.90 Å². The van der Waals surface area contributed by atoms with Crippen molar-refractivity contribution in [3.05, 3.63) is 163 Å². The molecule has 5 aliphatic carbocycles. The monoisotopic (exact) mass is 605 g/mol. The summed E-state index contributed by atoms with van der Waals surface area (Å²) in [4.78, 5) is 2.49. The summed E-state index contributed by atoms with van der Waals surface area (Å²) in [6, 6.07) is 56.5. The molecule has 0 aliphatic heterocycles. The van der Waals surface area contributed by atoms with E-state index >= 15 is 0 Å². The molecule has 4 bridgehead atoms. The first-order chi connectivity index (χ1) is 23.3. The minimum atomic E-state index is 0.183. The van der Waals surface area contributed by atoms with Gasteiger partial charge >= 0.3 is 0 Å². The van der Waals surface area contributed by atoms with Crippen molar-refractivity contribution < 1.29 is 0 Å². The lowest BCUT2D eigenvalue weighted by Crippen LogP contribution is -2.55. The van der Waals surface area contributed by atoms with Crippen molar-refractivity contribution in [3.63, 3.8) is 0 Å². The first kappa shape index (κ1) is 27.3. The van der Waals surface area contributed by atoms with E-state index in [4.69, 9.17) is 0 Å². The van der Waals surface area contributed by atoms with Crippen LogP contribution in [0.1, 0.15) is 43.2 Å². The molecule has 4 fully saturated rings. The number of fused-ring (bicyclic) bond motifs is 3. The van der Waals surface area contributed by atoms with Crippen LogP contribution in [0.5, 0.6) is 0 Å². The van der Waals surface area contributed by atoms with E-state index in [1.54, 1.807) is 11.1 Å². The molecule has 1 nitrogen and oxygen atoms in total. The maximum absolute atomic E-state index is 2.55. The molecular weight excluding hydrogens is 567 g/mol. The highest BCUT2D eigenvalue weighted by Gasteiger charge is 2.61. The Hall–Kier alpha value is -4.88. The molecule has 5 aliphatic rings. The van der Waals surface area contributed by atoms with Crippen molar-refractivity contribution >= 4 is 17.1 Å². The molecule has 228 valence electrons. The summed E-state index contributed by atoms with van der Waals surface area (Å²) < 4.78 is 0. The molecule has 1 heteroatoms. The Kier molecular flexibility index (Phi) is 6.13. The zero-order valence-electron chi connectivity index (χ0n) is 26.7. The Balaban J connectivity index is 1.16. The van der Waals surface area contributed by atoms with Crippen molar-refractivity contribution in [3.8, 4) is 33.4 Å². The molecule has 0 heterocycles. The Morgan fingerprint density at radius 3 is 1.64 bits per heavy atom. The summed E-state index contributed by atoms with van der Waals surface area (Å²) >= 11 is 0. The molecule has 47 heavy (non-hydrogen) atoms. The second kappa shape index (κ2) is 10.6. The number of nitrogens with zero attached hydrogens (tertiary/aromatic N) is 1. The molecule has 1 spiro atoms. The molecule has 0 unspecified atom stereocenters. The third-order valence-corrected chi connectivity index (χ3v) is 12.3. The average molecular weight is 606 g/mol. The van der Waals surface area contributed by atoms with Crippen molar-refractivity contribution in [2.24, 2.45) is 23.7 Å². The number of anilines is 3. The van der Waals surface area contributed by atoms with Gasteiger partial charge in [0.05, 0.1) is 5.69 Å². The summed E-state index contributed by atoms with van der Waals surface area (Å²) in [5.41, 5.74) is 14.8. The number of para-hydroxylation sites is 1. The second-order valence-electron chi connectivity index (χ2n) is 14.6. The molecule has 6 aromatic rings. The maximum atomic E-state index is 2.55. The molecule has 0 N–H and O–H groups in total. The first-order valence-electron chi connectivity index (χ1n) is 17.6. The highest BCUT2D eigenvalue weighted by molar-refractivity contribution is 5.91. The molecule has 0 saturated heterocycles. The Morgan fingerprint density at radius 1 is 0.404 bits per heavy atom. The van der Waals surface area contributed by atoms with Gasteiger partial charge in [-0.05, 0) is 125 Å². The van der Waals surface area contributed by atoms with Crippen LogP contribution in [-0.2, 0) is 5.41 Å². The van der Waals surface area contributed by atoms with Gasteiger partial charge in [0, 0.05) is 22.4 Å². The normalized spacial score (nSPS) is 24.7. The minimum absolute atomic E-state index is 0.183. The molecule has 0 amide bonds. The fourth-order valence-corrected chi connectivity index (χ4v) is 10.7. The van der Waals surface area contributed by atoms with Gasteiger partial charge in [0.15, 0.2) is 0 Å². The zero-order valence-corrected chi connectivity index (χ0v) is 26.7. The van der Waals surface area contributed by atoms with Crippen LogP contribution < -0.4 is 4.90 Å². The van der Waals surface area contributed by atoms with Crippen LogP contribution in [-0.4, -0.2) is 0 Å². The minimum Gasteiger partial charge on any atom is -0.310 e. The van der Waals surface area contributed by atoms with E-state index in [2.05, 4.69) is 157 Å². The topological polar surface area (TPSA) is 3.24 Å². The van der Waals surface area contributed by atoms with E-state index in [1.165, 1.54) is 82.5 Å². The standard InChI is InChI=1S/C46H39N/c1-3-11-33(12-4-1)34-19-21-38(22-20-34)47(45-18-10-8-15-40(45)35-13-5-2-6-14-35)39-23-24-44-42(30-39)41-16-7-9-17-43(41)46(44)36-26-31-25-32(28-36)29-37(46)27-31/h1-24,30-32,36-37H,25-29H2. The van der Waals surface area contributed by atoms with Gasteiger partial charge in [-0.2, -0.15) is 0 Å². The van der Waals surface area contributed by atoms with E-state index < -0.39 is 0 Å². The summed E-state index contributed by atoms with van der Waals surface area (Å²) in [5, 5.41) is 0. The van der Waals surface area contributed by atoms with Crippen LogP contribution in [0.4, 0.5) is 17.1 Å². The highest BCUT2D eigenvalue weighted by Crippen LogP contribution is 2.69. The molecule has 0 radical (unpaired) electrons. The van der Waals surface area contributed by atoms with Crippen LogP contribution in [0.15, 0.2) is 152 Å². The van der Waals surface area contributed by atoms with E-state index in [-0.39, 0.29) is 5.41 Å². The van der Waals surface area contributed by atoms with Gasteiger partial charge in [-0.15, -0.1) is 0 Å². The van der Waals surface area contributed by atoms with Crippen LogP contribution in [0.25, 0.3) is 33.4 Å². The highest BCUT2D eigenvalue weighted by atomic mass is 15.1. The van der Waals surface area contributed by atoms with E-state index in [9.17, 15) is 0 Å². The van der Waals surface area contributed by atoms with E-state index in [1.807, 2.05) is 0 Å². The summed E-state index contributed by atoms with van der Waals surface area (Å²) in [6.07, 6.45) is 7.12. The summed E-state index contributed by atoms with van der Waals surface area (Å²) in [6.45, 7) is 0. The largest absolute Gasteiger partial charge is 0.310 e. The van der Waals surface area contributed by atoms with E-state index in [0.717, 1.165) is 23.7 Å². The van der Waals surface area contributed by atoms with Gasteiger partial charge in [0.2, 0.25) is 0 Å². The van der Waals surface area contributed by atoms with Crippen LogP contribution in [0.2, 0.25) is 0 Å². The predicted octanol–water partition coefficient (Wildman–Crippen LogP) is 12.2. The third-order valence-electron chi connectivity index (χ3n) is 12.3. The molecule has 0 aromatic heterocycles. The predicted molar refractivity (Wildman–Crippen MR) is 195 cm³/mol. The molecule has 0 atom stereocenters. The Bertz CT molecular complexity index is 2060. The van der Waals surface area contributed by atoms with Gasteiger partial charge in [-0.25, -0.2) is 0 Å². The number of rotatable bonds is 5. The van der Waals surface area contributed by atoms with Gasteiger partial charge in [-0.1, -0.05) is 121 Å². The summed E-state index contributed by atoms with van der Waals surface area (Å²) in [5.74, 6) is 3.43. The molecule has 11 rings (SSSR count). The van der Waals surface area contributed by atoms with Gasteiger partial charge in [0.25, 0.3) is 0 Å². The van der Waals surface area contributed by atoms with Gasteiger partial charge in [-0.3, -0.25) is 0 Å². The van der Waals surface area contributed by atoms with Crippen LogP contribution in [0, 0.1) is 23.7 Å².